The number of hydrogen-bond acceptors (Lipinski definition) is 5. The summed E-state index contributed by atoms with van der Waals surface area (Å²) in [5.41, 5.74) is 1.12. The number of amides is 1. The van der Waals surface area contributed by atoms with Crippen LogP contribution in [0.3, 0.4) is 0 Å². The van der Waals surface area contributed by atoms with Gasteiger partial charge in [-0.3, -0.25) is 9.78 Å². The molecule has 6 nitrogen and oxygen atoms in total. The van der Waals surface area contributed by atoms with Crippen LogP contribution in [-0.2, 0) is 0 Å². The standard InChI is InChI=1S/C17H14N4O2/c1-12-5-2-7-14(19-12)17(22)21-15-8-3-9-16(20-15)23-13-6-4-10-18-11-13/h2-11H,1H3,(H,20,21,22). The third-order valence-corrected chi connectivity index (χ3v) is 2.94. The lowest BCUT2D eigenvalue weighted by atomic mass is 10.3. The van der Waals surface area contributed by atoms with Crippen LogP contribution in [0.5, 0.6) is 11.6 Å². The lowest BCUT2D eigenvalue weighted by Gasteiger charge is -2.07. The highest BCUT2D eigenvalue weighted by Gasteiger charge is 2.09. The van der Waals surface area contributed by atoms with Gasteiger partial charge in [0.1, 0.15) is 17.3 Å². The predicted octanol–water partition coefficient (Wildman–Crippen LogP) is 3.22. The molecular formula is C17H14N4O2. The average Bonchev–Trinajstić information content (AvgIpc) is 2.56. The van der Waals surface area contributed by atoms with Gasteiger partial charge in [0, 0.05) is 18.0 Å². The second-order valence-corrected chi connectivity index (χ2v) is 4.77. The number of aromatic nitrogens is 3. The van der Waals surface area contributed by atoms with E-state index in [4.69, 9.17) is 4.74 Å². The van der Waals surface area contributed by atoms with Crippen molar-refractivity contribution in [3.63, 3.8) is 0 Å². The molecule has 3 heterocycles. The fourth-order valence-corrected chi connectivity index (χ4v) is 1.92. The van der Waals surface area contributed by atoms with Crippen molar-refractivity contribution < 1.29 is 9.53 Å². The summed E-state index contributed by atoms with van der Waals surface area (Å²) in [5, 5.41) is 2.70. The van der Waals surface area contributed by atoms with E-state index in [1.165, 1.54) is 0 Å². The first kappa shape index (κ1) is 14.6. The normalized spacial score (nSPS) is 10.1. The van der Waals surface area contributed by atoms with E-state index >= 15 is 0 Å². The van der Waals surface area contributed by atoms with Crippen LogP contribution in [0.15, 0.2) is 60.9 Å². The van der Waals surface area contributed by atoms with Gasteiger partial charge in [-0.25, -0.2) is 4.98 Å². The molecule has 0 fully saturated rings. The molecule has 0 spiro atoms. The molecule has 0 atom stereocenters. The molecule has 0 radical (unpaired) electrons. The van der Waals surface area contributed by atoms with E-state index in [1.54, 1.807) is 54.9 Å². The van der Waals surface area contributed by atoms with Crippen molar-refractivity contribution in [1.29, 1.82) is 0 Å². The Balaban J connectivity index is 1.74. The van der Waals surface area contributed by atoms with E-state index in [-0.39, 0.29) is 5.91 Å². The smallest absolute Gasteiger partial charge is 0.275 e. The number of carbonyl (C=O) groups is 1. The summed E-state index contributed by atoms with van der Waals surface area (Å²) in [6, 6.07) is 13.9. The molecule has 0 aromatic carbocycles. The van der Waals surface area contributed by atoms with Gasteiger partial charge in [-0.2, -0.15) is 4.98 Å². The van der Waals surface area contributed by atoms with Crippen molar-refractivity contribution in [2.24, 2.45) is 0 Å². The van der Waals surface area contributed by atoms with Gasteiger partial charge in [0.15, 0.2) is 0 Å². The monoisotopic (exact) mass is 306 g/mol. The summed E-state index contributed by atoms with van der Waals surface area (Å²) in [4.78, 5) is 24.6. The Labute approximate surface area is 133 Å². The van der Waals surface area contributed by atoms with Crippen LogP contribution in [0.1, 0.15) is 16.2 Å². The molecule has 0 aliphatic heterocycles. The van der Waals surface area contributed by atoms with Crippen molar-refractivity contribution in [2.75, 3.05) is 5.32 Å². The van der Waals surface area contributed by atoms with Crippen LogP contribution in [0.25, 0.3) is 0 Å². The summed E-state index contributed by atoms with van der Waals surface area (Å²) in [7, 11) is 0. The van der Waals surface area contributed by atoms with Crippen LogP contribution >= 0.6 is 0 Å². The van der Waals surface area contributed by atoms with Crippen LogP contribution in [0.2, 0.25) is 0 Å². The molecule has 114 valence electrons. The Bertz CT molecular complexity index is 822. The summed E-state index contributed by atoms with van der Waals surface area (Å²) < 4.78 is 5.58. The minimum Gasteiger partial charge on any atom is -0.437 e. The Kier molecular flexibility index (Phi) is 4.24. The largest absolute Gasteiger partial charge is 0.437 e. The van der Waals surface area contributed by atoms with Crippen molar-refractivity contribution in [3.8, 4) is 11.6 Å². The van der Waals surface area contributed by atoms with E-state index in [9.17, 15) is 4.79 Å². The maximum atomic E-state index is 12.2. The topological polar surface area (TPSA) is 77.0 Å². The van der Waals surface area contributed by atoms with Crippen molar-refractivity contribution >= 4 is 11.7 Å². The maximum Gasteiger partial charge on any atom is 0.275 e. The number of rotatable bonds is 4. The van der Waals surface area contributed by atoms with E-state index in [2.05, 4.69) is 20.3 Å². The molecule has 0 saturated carbocycles. The Morgan fingerprint density at radius 1 is 1.04 bits per heavy atom. The molecule has 0 aliphatic carbocycles. The highest BCUT2D eigenvalue weighted by atomic mass is 16.5. The molecule has 6 heteroatoms. The molecule has 1 N–H and O–H groups in total. The quantitative estimate of drug-likeness (QED) is 0.800. The van der Waals surface area contributed by atoms with Gasteiger partial charge in [-0.15, -0.1) is 0 Å². The summed E-state index contributed by atoms with van der Waals surface area (Å²) in [6.45, 7) is 1.83. The van der Waals surface area contributed by atoms with Gasteiger partial charge >= 0.3 is 0 Å². The van der Waals surface area contributed by atoms with Crippen molar-refractivity contribution in [2.45, 2.75) is 6.92 Å². The van der Waals surface area contributed by atoms with Crippen LogP contribution in [0, 0.1) is 6.92 Å². The second-order valence-electron chi connectivity index (χ2n) is 4.77. The van der Waals surface area contributed by atoms with Crippen LogP contribution < -0.4 is 10.1 Å². The highest BCUT2D eigenvalue weighted by Crippen LogP contribution is 2.19. The molecule has 0 unspecified atom stereocenters. The number of nitrogens with zero attached hydrogens (tertiary/aromatic N) is 3. The first-order valence-corrected chi connectivity index (χ1v) is 7.01. The first-order valence-electron chi connectivity index (χ1n) is 7.01. The summed E-state index contributed by atoms with van der Waals surface area (Å²) in [5.74, 6) is 1.01. The second kappa shape index (κ2) is 6.65. The lowest BCUT2D eigenvalue weighted by molar-refractivity contribution is 0.102. The summed E-state index contributed by atoms with van der Waals surface area (Å²) >= 11 is 0. The van der Waals surface area contributed by atoms with E-state index in [1.807, 2.05) is 13.0 Å². The minimum atomic E-state index is -0.320. The Hall–Kier alpha value is -3.28. The zero-order valence-corrected chi connectivity index (χ0v) is 12.4. The SMILES string of the molecule is Cc1cccc(C(=O)Nc2cccc(Oc3cccnc3)n2)n1. The van der Waals surface area contributed by atoms with Crippen molar-refractivity contribution in [3.05, 3.63) is 72.3 Å². The molecule has 3 aromatic rings. The maximum absolute atomic E-state index is 12.2. The molecule has 1 amide bonds. The van der Waals surface area contributed by atoms with Gasteiger partial charge in [-0.05, 0) is 37.3 Å². The first-order chi connectivity index (χ1) is 11.2. The average molecular weight is 306 g/mol. The lowest BCUT2D eigenvalue weighted by Crippen LogP contribution is -2.14. The Morgan fingerprint density at radius 2 is 1.91 bits per heavy atom. The number of hydrogen-bond donors (Lipinski definition) is 1. The number of pyridine rings is 3. The van der Waals surface area contributed by atoms with E-state index in [0.717, 1.165) is 5.69 Å². The van der Waals surface area contributed by atoms with Gasteiger partial charge in [-0.1, -0.05) is 12.1 Å². The molecule has 0 bridgehead atoms. The van der Waals surface area contributed by atoms with Crippen LogP contribution in [0.4, 0.5) is 5.82 Å². The number of anilines is 1. The number of carbonyl (C=O) groups excluding carboxylic acids is 1. The zero-order chi connectivity index (χ0) is 16.1. The van der Waals surface area contributed by atoms with Gasteiger partial charge in [0.05, 0.1) is 6.20 Å². The molecule has 3 aromatic heterocycles. The van der Waals surface area contributed by atoms with Gasteiger partial charge < -0.3 is 10.1 Å². The summed E-state index contributed by atoms with van der Waals surface area (Å²) in [6.07, 6.45) is 3.25. The van der Waals surface area contributed by atoms with Crippen LogP contribution in [-0.4, -0.2) is 20.9 Å². The van der Waals surface area contributed by atoms with Gasteiger partial charge in [0.2, 0.25) is 5.88 Å². The molecule has 0 aliphatic rings. The molecule has 3 rings (SSSR count). The molecular weight excluding hydrogens is 292 g/mol. The number of nitrogens with one attached hydrogen (secondary N) is 1. The predicted molar refractivity (Wildman–Crippen MR) is 85.5 cm³/mol. The Morgan fingerprint density at radius 3 is 2.70 bits per heavy atom. The highest BCUT2D eigenvalue weighted by molar-refractivity contribution is 6.02. The third kappa shape index (κ3) is 3.88. The minimum absolute atomic E-state index is 0.320. The van der Waals surface area contributed by atoms with E-state index < -0.39 is 0 Å². The van der Waals surface area contributed by atoms with Crippen molar-refractivity contribution in [1.82, 2.24) is 15.0 Å². The van der Waals surface area contributed by atoms with E-state index in [0.29, 0.717) is 23.1 Å². The number of ether oxygens (including phenoxy) is 1. The fraction of sp³-hybridized carbons (Fsp3) is 0.0588. The molecule has 23 heavy (non-hydrogen) atoms. The number of aryl methyl sites for hydroxylation is 1. The third-order valence-electron chi connectivity index (χ3n) is 2.94. The zero-order valence-electron chi connectivity index (χ0n) is 12.4. The molecule has 0 saturated heterocycles. The van der Waals surface area contributed by atoms with Gasteiger partial charge in [0.25, 0.3) is 5.91 Å². The fourth-order valence-electron chi connectivity index (χ4n) is 1.92.